The fourth-order valence-electron chi connectivity index (χ4n) is 3.23. The Kier molecular flexibility index (Phi) is 4.22. The molecule has 0 radical (unpaired) electrons. The van der Waals surface area contributed by atoms with Crippen molar-refractivity contribution in [1.29, 1.82) is 0 Å². The summed E-state index contributed by atoms with van der Waals surface area (Å²) < 4.78 is 5.21. The van der Waals surface area contributed by atoms with Gasteiger partial charge in [0.2, 0.25) is 5.91 Å². The number of amides is 1. The number of carbonyl (C=O) groups is 1. The molecule has 0 unspecified atom stereocenters. The van der Waals surface area contributed by atoms with Crippen LogP contribution in [0, 0.1) is 17.8 Å². The van der Waals surface area contributed by atoms with Crippen LogP contribution in [-0.4, -0.2) is 25.7 Å². The standard InChI is InChI=1S/C13H23NO2/c1-2-5-16-9-13(15)14-8-12-7-10-3-4-11(12)6-10/h10-12H,2-9H2,1H3,(H,14,15)/t10-,11-,12+/m0/s1. The van der Waals surface area contributed by atoms with Crippen molar-refractivity contribution < 1.29 is 9.53 Å². The van der Waals surface area contributed by atoms with Crippen LogP contribution in [0.4, 0.5) is 0 Å². The van der Waals surface area contributed by atoms with Crippen molar-refractivity contribution >= 4 is 5.91 Å². The molecule has 92 valence electrons. The molecule has 3 heteroatoms. The SMILES string of the molecule is CCCOCC(=O)NC[C@H]1C[C@H]2CC[C@H]1C2. The normalized spacial score (nSPS) is 31.9. The van der Waals surface area contributed by atoms with Crippen molar-refractivity contribution in [3.63, 3.8) is 0 Å². The van der Waals surface area contributed by atoms with Crippen molar-refractivity contribution in [2.24, 2.45) is 17.8 Å². The van der Waals surface area contributed by atoms with Crippen molar-refractivity contribution in [3.8, 4) is 0 Å². The fraction of sp³-hybridized carbons (Fsp3) is 0.923. The second-order valence-corrected chi connectivity index (χ2v) is 5.29. The van der Waals surface area contributed by atoms with Crippen molar-refractivity contribution in [1.82, 2.24) is 5.32 Å². The third-order valence-corrected chi connectivity index (χ3v) is 4.03. The van der Waals surface area contributed by atoms with E-state index in [2.05, 4.69) is 5.32 Å². The first-order valence-corrected chi connectivity index (χ1v) is 6.64. The summed E-state index contributed by atoms with van der Waals surface area (Å²) in [5, 5.41) is 3.00. The van der Waals surface area contributed by atoms with E-state index in [1.807, 2.05) is 6.92 Å². The third-order valence-electron chi connectivity index (χ3n) is 4.03. The zero-order chi connectivity index (χ0) is 11.4. The topological polar surface area (TPSA) is 38.3 Å². The second kappa shape index (κ2) is 5.67. The highest BCUT2D eigenvalue weighted by molar-refractivity contribution is 5.77. The molecule has 2 aliphatic rings. The summed E-state index contributed by atoms with van der Waals surface area (Å²) in [5.74, 6) is 2.65. The quantitative estimate of drug-likeness (QED) is 0.702. The minimum atomic E-state index is 0.0521. The van der Waals surface area contributed by atoms with Gasteiger partial charge in [-0.3, -0.25) is 4.79 Å². The molecule has 0 aromatic heterocycles. The molecule has 1 amide bonds. The molecule has 0 saturated heterocycles. The molecule has 0 aromatic carbocycles. The summed E-state index contributed by atoms with van der Waals surface area (Å²) in [6, 6.07) is 0. The Hall–Kier alpha value is -0.570. The minimum absolute atomic E-state index is 0.0521. The van der Waals surface area contributed by atoms with Gasteiger partial charge >= 0.3 is 0 Å². The summed E-state index contributed by atoms with van der Waals surface area (Å²) in [4.78, 5) is 11.4. The lowest BCUT2D eigenvalue weighted by Gasteiger charge is -2.21. The largest absolute Gasteiger partial charge is 0.372 e. The summed E-state index contributed by atoms with van der Waals surface area (Å²) in [7, 11) is 0. The Bertz CT molecular complexity index is 242. The Balaban J connectivity index is 1.59. The van der Waals surface area contributed by atoms with E-state index in [0.717, 1.165) is 30.7 Å². The molecule has 16 heavy (non-hydrogen) atoms. The van der Waals surface area contributed by atoms with Gasteiger partial charge in [0.25, 0.3) is 0 Å². The smallest absolute Gasteiger partial charge is 0.246 e. The molecule has 1 N–H and O–H groups in total. The average Bonchev–Trinajstić information content (AvgIpc) is 2.88. The van der Waals surface area contributed by atoms with Crippen molar-refractivity contribution in [3.05, 3.63) is 0 Å². The summed E-state index contributed by atoms with van der Waals surface area (Å²) in [5.41, 5.74) is 0. The van der Waals surface area contributed by atoms with Crippen LogP contribution in [0.2, 0.25) is 0 Å². The molecule has 2 aliphatic carbocycles. The van der Waals surface area contributed by atoms with E-state index in [0.29, 0.717) is 6.61 Å². The Morgan fingerprint density at radius 2 is 2.25 bits per heavy atom. The highest BCUT2D eigenvalue weighted by Crippen LogP contribution is 2.47. The number of fused-ring (bicyclic) bond motifs is 2. The summed E-state index contributed by atoms with van der Waals surface area (Å²) in [6.45, 7) is 3.83. The monoisotopic (exact) mass is 225 g/mol. The molecular weight excluding hydrogens is 202 g/mol. The van der Waals surface area contributed by atoms with Gasteiger partial charge in [0.1, 0.15) is 6.61 Å². The first-order chi connectivity index (χ1) is 7.79. The number of rotatable bonds is 6. The van der Waals surface area contributed by atoms with Gasteiger partial charge in [-0.15, -0.1) is 0 Å². The van der Waals surface area contributed by atoms with Gasteiger partial charge in [-0.2, -0.15) is 0 Å². The molecule has 2 bridgehead atoms. The predicted molar refractivity (Wildman–Crippen MR) is 63.1 cm³/mol. The Morgan fingerprint density at radius 1 is 1.38 bits per heavy atom. The van der Waals surface area contributed by atoms with E-state index in [-0.39, 0.29) is 12.5 Å². The zero-order valence-electron chi connectivity index (χ0n) is 10.2. The lowest BCUT2D eigenvalue weighted by atomic mass is 9.89. The lowest BCUT2D eigenvalue weighted by Crippen LogP contribution is -2.34. The van der Waals surface area contributed by atoms with E-state index < -0.39 is 0 Å². The van der Waals surface area contributed by atoms with Crippen LogP contribution in [0.15, 0.2) is 0 Å². The highest BCUT2D eigenvalue weighted by Gasteiger charge is 2.39. The predicted octanol–water partition coefficient (Wildman–Crippen LogP) is 1.97. The van der Waals surface area contributed by atoms with Crippen molar-refractivity contribution in [2.75, 3.05) is 19.8 Å². The number of ether oxygens (including phenoxy) is 1. The second-order valence-electron chi connectivity index (χ2n) is 5.29. The Morgan fingerprint density at radius 3 is 2.88 bits per heavy atom. The lowest BCUT2D eigenvalue weighted by molar-refractivity contribution is -0.125. The minimum Gasteiger partial charge on any atom is -0.372 e. The molecule has 2 fully saturated rings. The van der Waals surface area contributed by atoms with E-state index in [4.69, 9.17) is 4.74 Å². The van der Waals surface area contributed by atoms with E-state index in [9.17, 15) is 4.79 Å². The maximum Gasteiger partial charge on any atom is 0.246 e. The molecule has 0 aliphatic heterocycles. The van der Waals surface area contributed by atoms with Crippen LogP contribution >= 0.6 is 0 Å². The van der Waals surface area contributed by atoms with Gasteiger partial charge < -0.3 is 10.1 Å². The van der Waals surface area contributed by atoms with Gasteiger partial charge in [0, 0.05) is 13.2 Å². The van der Waals surface area contributed by atoms with Crippen LogP contribution in [0.1, 0.15) is 39.0 Å². The molecule has 3 atom stereocenters. The van der Waals surface area contributed by atoms with Gasteiger partial charge in [-0.25, -0.2) is 0 Å². The van der Waals surface area contributed by atoms with Crippen LogP contribution < -0.4 is 5.32 Å². The van der Waals surface area contributed by atoms with Gasteiger partial charge in [-0.1, -0.05) is 13.3 Å². The van der Waals surface area contributed by atoms with Gasteiger partial charge in [0.15, 0.2) is 0 Å². The van der Waals surface area contributed by atoms with Crippen molar-refractivity contribution in [2.45, 2.75) is 39.0 Å². The molecule has 0 heterocycles. The third kappa shape index (κ3) is 2.97. The maximum atomic E-state index is 11.4. The van der Waals surface area contributed by atoms with E-state index in [1.54, 1.807) is 0 Å². The molecule has 2 saturated carbocycles. The number of nitrogens with one attached hydrogen (secondary N) is 1. The number of carbonyl (C=O) groups excluding carboxylic acids is 1. The van der Waals surface area contributed by atoms with Crippen LogP contribution in [0.5, 0.6) is 0 Å². The van der Waals surface area contributed by atoms with E-state index >= 15 is 0 Å². The van der Waals surface area contributed by atoms with Crippen LogP contribution in [0.25, 0.3) is 0 Å². The number of hydrogen-bond donors (Lipinski definition) is 1. The van der Waals surface area contributed by atoms with Crippen LogP contribution in [-0.2, 0) is 9.53 Å². The first-order valence-electron chi connectivity index (χ1n) is 6.64. The first kappa shape index (κ1) is 11.9. The van der Waals surface area contributed by atoms with Crippen LogP contribution in [0.3, 0.4) is 0 Å². The molecular formula is C13H23NO2. The van der Waals surface area contributed by atoms with Gasteiger partial charge in [-0.05, 0) is 43.4 Å². The van der Waals surface area contributed by atoms with Gasteiger partial charge in [0.05, 0.1) is 0 Å². The molecule has 0 aromatic rings. The zero-order valence-corrected chi connectivity index (χ0v) is 10.2. The summed E-state index contributed by atoms with van der Waals surface area (Å²) >= 11 is 0. The molecule has 2 rings (SSSR count). The summed E-state index contributed by atoms with van der Waals surface area (Å²) in [6.07, 6.45) is 6.53. The Labute approximate surface area is 97.9 Å². The maximum absolute atomic E-state index is 11.4. The molecule has 3 nitrogen and oxygen atoms in total. The number of hydrogen-bond acceptors (Lipinski definition) is 2. The average molecular weight is 225 g/mol. The highest BCUT2D eigenvalue weighted by atomic mass is 16.5. The fourth-order valence-corrected chi connectivity index (χ4v) is 3.23. The molecule has 0 spiro atoms. The van der Waals surface area contributed by atoms with E-state index in [1.165, 1.54) is 25.7 Å².